The van der Waals surface area contributed by atoms with E-state index < -0.39 is 5.82 Å². The Kier molecular flexibility index (Phi) is 17.1. The number of hydrogen-bond acceptors (Lipinski definition) is 15. The van der Waals surface area contributed by atoms with Gasteiger partial charge in [-0.2, -0.15) is 25.3 Å². The molecule has 0 radical (unpaired) electrons. The van der Waals surface area contributed by atoms with E-state index in [2.05, 4.69) is 61.4 Å². The number of carbonyl (C=O) groups is 3. The van der Waals surface area contributed by atoms with Gasteiger partial charge >= 0.3 is 0 Å². The van der Waals surface area contributed by atoms with Gasteiger partial charge in [-0.15, -0.1) is 15.3 Å². The molecular formula is C69H61FN16O6. The molecule has 0 saturated heterocycles. The highest BCUT2D eigenvalue weighted by molar-refractivity contribution is 5.94. The van der Waals surface area contributed by atoms with E-state index in [0.29, 0.717) is 65.6 Å². The lowest BCUT2D eigenvalue weighted by Gasteiger charge is -2.09. The molecule has 22 nitrogen and oxygen atoms in total. The third kappa shape index (κ3) is 14.2. The average Bonchev–Trinajstić information content (AvgIpc) is 1.87. The lowest BCUT2D eigenvalue weighted by molar-refractivity contribution is -0.118. The van der Waals surface area contributed by atoms with Crippen LogP contribution in [0.4, 0.5) is 22.2 Å². The summed E-state index contributed by atoms with van der Waals surface area (Å²) in [4.78, 5) is 53.3. The first-order chi connectivity index (χ1) is 44.9. The summed E-state index contributed by atoms with van der Waals surface area (Å²) in [5.41, 5.74) is 12.5. The Balaban J connectivity index is 0.000000126. The van der Waals surface area contributed by atoms with Crippen molar-refractivity contribution in [3.8, 4) is 57.1 Å². The number of benzene rings is 4. The molecule has 4 aromatic carbocycles. The Morgan fingerprint density at radius 1 is 0.554 bits per heavy atom. The maximum Gasteiger partial charge on any atom is 0.249 e. The Bertz CT molecular complexity index is 4660. The number of fused-ring (bicyclic) bond motifs is 3. The Morgan fingerprint density at radius 3 is 1.48 bits per heavy atom. The highest BCUT2D eigenvalue weighted by atomic mass is 19.1. The first-order valence-corrected chi connectivity index (χ1v) is 30.2. The molecule has 92 heavy (non-hydrogen) atoms. The Morgan fingerprint density at radius 2 is 1.03 bits per heavy atom. The summed E-state index contributed by atoms with van der Waals surface area (Å²) in [5, 5.41) is 37.7. The van der Waals surface area contributed by atoms with Crippen molar-refractivity contribution in [2.24, 2.45) is 17.8 Å². The van der Waals surface area contributed by atoms with Crippen LogP contribution in [0, 0.1) is 48.7 Å². The molecule has 0 atom stereocenters. The zero-order valence-corrected chi connectivity index (χ0v) is 50.2. The van der Waals surface area contributed by atoms with Gasteiger partial charge < -0.3 is 14.2 Å². The van der Waals surface area contributed by atoms with Crippen LogP contribution in [0.1, 0.15) is 72.3 Å². The zero-order chi connectivity index (χ0) is 63.1. The van der Waals surface area contributed by atoms with Crippen molar-refractivity contribution in [3.05, 3.63) is 210 Å². The Hall–Kier alpha value is -11.7. The second-order valence-electron chi connectivity index (χ2n) is 22.6. The summed E-state index contributed by atoms with van der Waals surface area (Å²) in [5.74, 6) is 2.37. The van der Waals surface area contributed by atoms with E-state index >= 15 is 0 Å². The molecule has 8 heterocycles. The van der Waals surface area contributed by atoms with Crippen LogP contribution in [0.2, 0.25) is 0 Å². The molecule has 3 amide bonds. The molecule has 12 aromatic rings. The van der Waals surface area contributed by atoms with E-state index in [1.54, 1.807) is 44.0 Å². The lowest BCUT2D eigenvalue weighted by atomic mass is 10.1. The summed E-state index contributed by atoms with van der Waals surface area (Å²) in [7, 11) is 0. The van der Waals surface area contributed by atoms with Crippen molar-refractivity contribution in [1.29, 1.82) is 5.26 Å². The van der Waals surface area contributed by atoms with Gasteiger partial charge in [0.25, 0.3) is 0 Å². The number of aromatic amines is 1. The van der Waals surface area contributed by atoms with Gasteiger partial charge in [0.15, 0.2) is 28.5 Å². The number of pyridine rings is 4. The number of rotatable bonds is 19. The monoisotopic (exact) mass is 1230 g/mol. The molecule has 0 spiro atoms. The summed E-state index contributed by atoms with van der Waals surface area (Å²) in [6.45, 7) is 5.27. The third-order valence-electron chi connectivity index (χ3n) is 15.6. The second-order valence-corrected chi connectivity index (χ2v) is 22.6. The topological polar surface area (TPSA) is 271 Å². The molecule has 0 unspecified atom stereocenters. The number of anilines is 3. The predicted molar refractivity (Wildman–Crippen MR) is 341 cm³/mol. The largest absolute Gasteiger partial charge is 0.493 e. The van der Waals surface area contributed by atoms with Crippen LogP contribution in [0.3, 0.4) is 0 Å². The standard InChI is InChI=1S/C23H19FN4O2.C23H24N6O2.C23H18N6O2/c24-18-13-17(11-12-20(18)30-14-15-5-2-1-3-6-15)19-7-4-8-21-25-23(27-28(19)21)26-22(29)16-9-10-16;1-14-19(15(2)27-26-14)12-13-31-18-10-8-16(9-11-18)20-4-3-5-21-24-23(28-29(20)21)25-22(30)17-6-7-17;24-12-18-9-4-15(13-25-18)14-31-19-10-7-16(8-11-19)20-2-1-3-21-26-23(28-29(20)21)27-22(30)17-5-6-17/h1-8,11-13,16H,9-10,14H2,(H,26,27,29);3-5,8-11,17H,6-7,12-13H2,1-2H3,(H,26,27)(H,25,28,30);1-4,7-11,13,17H,5-6,14H2,(H,27,28,30). The molecule has 460 valence electrons. The number of ether oxygens (including phenoxy) is 3. The summed E-state index contributed by atoms with van der Waals surface area (Å²) in [6, 6.07) is 52.4. The van der Waals surface area contributed by atoms with E-state index in [0.717, 1.165) is 101 Å². The fraction of sp³-hybridized carbons (Fsp3) is 0.217. The average molecular weight is 1230 g/mol. The normalized spacial score (nSPS) is 13.3. The van der Waals surface area contributed by atoms with Crippen LogP contribution in [-0.2, 0) is 34.0 Å². The van der Waals surface area contributed by atoms with E-state index in [1.165, 1.54) is 11.6 Å². The molecule has 3 saturated carbocycles. The number of nitrogens with zero attached hydrogens (tertiary/aromatic N) is 12. The molecule has 0 aliphatic heterocycles. The van der Waals surface area contributed by atoms with Crippen LogP contribution < -0.4 is 30.2 Å². The number of nitrogens with one attached hydrogen (secondary N) is 4. The van der Waals surface area contributed by atoms with Gasteiger partial charge in [0.2, 0.25) is 35.6 Å². The minimum absolute atomic E-state index is 0.000217. The maximum atomic E-state index is 14.7. The fourth-order valence-electron chi connectivity index (χ4n) is 10.1. The second kappa shape index (κ2) is 26.6. The predicted octanol–water partition coefficient (Wildman–Crippen LogP) is 11.8. The van der Waals surface area contributed by atoms with Crippen molar-refractivity contribution >= 4 is 52.5 Å². The number of halogens is 1. The smallest absolute Gasteiger partial charge is 0.249 e. The van der Waals surface area contributed by atoms with Gasteiger partial charge in [-0.05, 0) is 173 Å². The van der Waals surface area contributed by atoms with Crippen molar-refractivity contribution < 1.29 is 33.0 Å². The molecule has 4 N–H and O–H groups in total. The molecule has 8 aromatic heterocycles. The van der Waals surface area contributed by atoms with Gasteiger partial charge in [-0.25, -0.2) is 22.9 Å². The van der Waals surface area contributed by atoms with Crippen molar-refractivity contribution in [3.63, 3.8) is 0 Å². The molecule has 3 fully saturated rings. The number of carbonyl (C=O) groups excluding carboxylic acids is 3. The third-order valence-corrected chi connectivity index (χ3v) is 15.6. The number of H-pyrrole nitrogens is 1. The van der Waals surface area contributed by atoms with Crippen molar-refractivity contribution in [2.45, 2.75) is 72.0 Å². The van der Waals surface area contributed by atoms with Gasteiger partial charge in [0.05, 0.1) is 29.4 Å². The van der Waals surface area contributed by atoms with E-state index in [-0.39, 0.29) is 47.2 Å². The quantitative estimate of drug-likeness (QED) is 0.0586. The highest BCUT2D eigenvalue weighted by Crippen LogP contribution is 2.34. The van der Waals surface area contributed by atoms with Crippen LogP contribution in [-0.4, -0.2) is 83.3 Å². The van der Waals surface area contributed by atoms with Crippen LogP contribution in [0.25, 0.3) is 50.7 Å². The van der Waals surface area contributed by atoms with Gasteiger partial charge in [0, 0.05) is 58.3 Å². The number of amides is 3. The molecular weight excluding hydrogens is 1170 g/mol. The van der Waals surface area contributed by atoms with E-state index in [9.17, 15) is 18.8 Å². The van der Waals surface area contributed by atoms with Crippen LogP contribution in [0.15, 0.2) is 170 Å². The van der Waals surface area contributed by atoms with E-state index in [4.69, 9.17) is 19.5 Å². The van der Waals surface area contributed by atoms with Crippen LogP contribution in [0.5, 0.6) is 17.2 Å². The molecule has 3 aliphatic rings. The SMILES string of the molecule is Cc1n[nH]c(C)c1CCOc1ccc(-c2cccc3nc(NC(=O)C4CC4)nn23)cc1.N#Cc1ccc(COc2ccc(-c3cccc4nc(NC(=O)C5CC5)nn34)cc2)cn1.O=C(Nc1nc2cccc(-c3ccc(OCc4ccccc4)c(F)c3)n2n1)C1CC1. The number of aromatic nitrogens is 12. The lowest BCUT2D eigenvalue weighted by Crippen LogP contribution is -2.14. The first kappa shape index (κ1) is 59.3. The highest BCUT2D eigenvalue weighted by Gasteiger charge is 2.32. The van der Waals surface area contributed by atoms with Gasteiger partial charge in [-0.3, -0.25) is 35.4 Å². The van der Waals surface area contributed by atoms with Crippen molar-refractivity contribution in [2.75, 3.05) is 22.6 Å². The number of hydrogen-bond donors (Lipinski definition) is 4. The Labute approximate surface area is 526 Å². The minimum Gasteiger partial charge on any atom is -0.493 e. The van der Waals surface area contributed by atoms with Gasteiger partial charge in [-0.1, -0.05) is 54.6 Å². The fourth-order valence-corrected chi connectivity index (χ4v) is 10.1. The summed E-state index contributed by atoms with van der Waals surface area (Å²) < 4.78 is 37.1. The van der Waals surface area contributed by atoms with Gasteiger partial charge in [0.1, 0.15) is 36.5 Å². The summed E-state index contributed by atoms with van der Waals surface area (Å²) in [6.07, 6.45) is 8.01. The molecule has 15 rings (SSSR count). The summed E-state index contributed by atoms with van der Waals surface area (Å²) >= 11 is 0. The van der Waals surface area contributed by atoms with Crippen LogP contribution >= 0.6 is 0 Å². The van der Waals surface area contributed by atoms with Crippen molar-refractivity contribution in [1.82, 2.24) is 59.0 Å². The maximum absolute atomic E-state index is 14.7. The van der Waals surface area contributed by atoms with E-state index in [1.807, 2.05) is 153 Å². The molecule has 0 bridgehead atoms. The number of nitriles is 1. The first-order valence-electron chi connectivity index (χ1n) is 30.2. The number of aryl methyl sites for hydroxylation is 2. The molecule has 23 heteroatoms. The minimum atomic E-state index is -0.456. The molecule has 3 aliphatic carbocycles. The zero-order valence-electron chi connectivity index (χ0n) is 50.2.